The van der Waals surface area contributed by atoms with Crippen molar-refractivity contribution >= 4 is 15.9 Å². The fourth-order valence-electron chi connectivity index (χ4n) is 2.02. The van der Waals surface area contributed by atoms with E-state index in [1.165, 1.54) is 11.1 Å². The second-order valence-corrected chi connectivity index (χ2v) is 5.50. The van der Waals surface area contributed by atoms with Crippen LogP contribution in [0.15, 0.2) is 46.9 Å². The monoisotopic (exact) mass is 349 g/mol. The van der Waals surface area contributed by atoms with Crippen molar-refractivity contribution in [2.75, 3.05) is 13.7 Å². The van der Waals surface area contributed by atoms with Gasteiger partial charge < -0.3 is 14.8 Å². The van der Waals surface area contributed by atoms with Crippen LogP contribution in [0.25, 0.3) is 0 Å². The summed E-state index contributed by atoms with van der Waals surface area (Å²) in [5.74, 6) is 1.77. The SMILES string of the molecule is CCOc1ccc(CNCc2ccc(OC)cc2)cc1Br. The molecule has 21 heavy (non-hydrogen) atoms. The lowest BCUT2D eigenvalue weighted by Gasteiger charge is -2.09. The van der Waals surface area contributed by atoms with Crippen molar-refractivity contribution in [2.45, 2.75) is 20.0 Å². The van der Waals surface area contributed by atoms with Crippen LogP contribution in [0.1, 0.15) is 18.1 Å². The molecule has 1 N–H and O–H groups in total. The largest absolute Gasteiger partial charge is 0.497 e. The summed E-state index contributed by atoms with van der Waals surface area (Å²) in [5, 5.41) is 3.43. The highest BCUT2D eigenvalue weighted by Crippen LogP contribution is 2.26. The van der Waals surface area contributed by atoms with E-state index in [-0.39, 0.29) is 0 Å². The Morgan fingerprint density at radius 2 is 1.67 bits per heavy atom. The molecule has 0 saturated carbocycles. The zero-order chi connectivity index (χ0) is 15.1. The number of nitrogens with one attached hydrogen (secondary N) is 1. The van der Waals surface area contributed by atoms with Gasteiger partial charge in [0, 0.05) is 13.1 Å². The van der Waals surface area contributed by atoms with Crippen LogP contribution in [0.4, 0.5) is 0 Å². The third kappa shape index (κ3) is 4.76. The minimum Gasteiger partial charge on any atom is -0.497 e. The summed E-state index contributed by atoms with van der Waals surface area (Å²) >= 11 is 3.53. The van der Waals surface area contributed by atoms with Crippen LogP contribution in [-0.2, 0) is 13.1 Å². The molecule has 0 fully saturated rings. The van der Waals surface area contributed by atoms with Gasteiger partial charge in [-0.2, -0.15) is 0 Å². The van der Waals surface area contributed by atoms with E-state index in [0.717, 1.165) is 29.1 Å². The second-order valence-electron chi connectivity index (χ2n) is 4.65. The van der Waals surface area contributed by atoms with Crippen molar-refractivity contribution in [1.29, 1.82) is 0 Å². The topological polar surface area (TPSA) is 30.5 Å². The average Bonchev–Trinajstić information content (AvgIpc) is 2.51. The highest BCUT2D eigenvalue weighted by atomic mass is 79.9. The van der Waals surface area contributed by atoms with Crippen molar-refractivity contribution in [1.82, 2.24) is 5.32 Å². The molecule has 2 aromatic carbocycles. The van der Waals surface area contributed by atoms with Gasteiger partial charge in [0.25, 0.3) is 0 Å². The molecular weight excluding hydrogens is 330 g/mol. The first-order valence-corrected chi connectivity index (χ1v) is 7.77. The Morgan fingerprint density at radius 3 is 2.29 bits per heavy atom. The Kier molecular flexibility index (Phi) is 6.08. The number of hydrogen-bond donors (Lipinski definition) is 1. The molecule has 0 aliphatic rings. The standard InChI is InChI=1S/C17H20BrNO2/c1-3-21-17-9-6-14(10-16(17)18)12-19-11-13-4-7-15(20-2)8-5-13/h4-10,19H,3,11-12H2,1-2H3. The van der Waals surface area contributed by atoms with E-state index in [4.69, 9.17) is 9.47 Å². The Bertz CT molecular complexity index is 570. The highest BCUT2D eigenvalue weighted by molar-refractivity contribution is 9.10. The number of rotatable bonds is 7. The zero-order valence-electron chi connectivity index (χ0n) is 12.4. The average molecular weight is 350 g/mol. The molecule has 0 amide bonds. The van der Waals surface area contributed by atoms with Crippen LogP contribution in [0.3, 0.4) is 0 Å². The molecule has 0 aliphatic heterocycles. The van der Waals surface area contributed by atoms with Gasteiger partial charge in [-0.15, -0.1) is 0 Å². The highest BCUT2D eigenvalue weighted by Gasteiger charge is 2.02. The molecule has 0 aromatic heterocycles. The summed E-state index contributed by atoms with van der Waals surface area (Å²) in [5.41, 5.74) is 2.46. The van der Waals surface area contributed by atoms with Gasteiger partial charge in [-0.1, -0.05) is 18.2 Å². The number of benzene rings is 2. The van der Waals surface area contributed by atoms with E-state index in [1.807, 2.05) is 25.1 Å². The Morgan fingerprint density at radius 1 is 1.00 bits per heavy atom. The van der Waals surface area contributed by atoms with Gasteiger partial charge in [0.2, 0.25) is 0 Å². The predicted octanol–water partition coefficient (Wildman–Crippen LogP) is 4.15. The first kappa shape index (κ1) is 15.9. The predicted molar refractivity (Wildman–Crippen MR) is 88.8 cm³/mol. The van der Waals surface area contributed by atoms with Crippen molar-refractivity contribution in [3.05, 3.63) is 58.1 Å². The number of ether oxygens (including phenoxy) is 2. The van der Waals surface area contributed by atoms with Gasteiger partial charge in [-0.3, -0.25) is 0 Å². The third-order valence-corrected chi connectivity index (χ3v) is 3.73. The molecule has 0 saturated heterocycles. The molecule has 0 aliphatic carbocycles. The van der Waals surface area contributed by atoms with Crippen molar-refractivity contribution in [3.8, 4) is 11.5 Å². The van der Waals surface area contributed by atoms with E-state index < -0.39 is 0 Å². The molecule has 4 heteroatoms. The molecule has 112 valence electrons. The van der Waals surface area contributed by atoms with Crippen LogP contribution in [0, 0.1) is 0 Å². The fraction of sp³-hybridized carbons (Fsp3) is 0.294. The molecule has 2 rings (SSSR count). The molecule has 2 aromatic rings. The normalized spacial score (nSPS) is 10.4. The summed E-state index contributed by atoms with van der Waals surface area (Å²) in [4.78, 5) is 0. The summed E-state index contributed by atoms with van der Waals surface area (Å²) in [6.45, 7) is 4.30. The maximum absolute atomic E-state index is 5.51. The van der Waals surface area contributed by atoms with Crippen LogP contribution in [0.5, 0.6) is 11.5 Å². The summed E-state index contributed by atoms with van der Waals surface area (Å²) in [7, 11) is 1.68. The van der Waals surface area contributed by atoms with Crippen LogP contribution in [0.2, 0.25) is 0 Å². The summed E-state index contributed by atoms with van der Waals surface area (Å²) in [6.07, 6.45) is 0. The lowest BCUT2D eigenvalue weighted by atomic mass is 10.2. The molecule has 0 atom stereocenters. The van der Waals surface area contributed by atoms with E-state index >= 15 is 0 Å². The summed E-state index contributed by atoms with van der Waals surface area (Å²) < 4.78 is 11.7. The maximum Gasteiger partial charge on any atom is 0.133 e. The lowest BCUT2D eigenvalue weighted by Crippen LogP contribution is -2.12. The number of halogens is 1. The first-order valence-electron chi connectivity index (χ1n) is 6.97. The molecule has 0 unspecified atom stereocenters. The minimum absolute atomic E-state index is 0.674. The molecule has 0 heterocycles. The Hall–Kier alpha value is -1.52. The number of hydrogen-bond acceptors (Lipinski definition) is 3. The minimum atomic E-state index is 0.674. The smallest absolute Gasteiger partial charge is 0.133 e. The van der Waals surface area contributed by atoms with E-state index in [0.29, 0.717) is 6.61 Å². The van der Waals surface area contributed by atoms with Gasteiger partial charge in [-0.05, 0) is 58.2 Å². The van der Waals surface area contributed by atoms with Gasteiger partial charge >= 0.3 is 0 Å². The van der Waals surface area contributed by atoms with Crippen molar-refractivity contribution in [2.24, 2.45) is 0 Å². The van der Waals surface area contributed by atoms with Crippen molar-refractivity contribution in [3.63, 3.8) is 0 Å². The van der Waals surface area contributed by atoms with E-state index in [9.17, 15) is 0 Å². The van der Waals surface area contributed by atoms with Crippen LogP contribution >= 0.6 is 15.9 Å². The molecule has 0 radical (unpaired) electrons. The third-order valence-electron chi connectivity index (χ3n) is 3.11. The molecule has 3 nitrogen and oxygen atoms in total. The van der Waals surface area contributed by atoms with E-state index in [2.05, 4.69) is 45.5 Å². The van der Waals surface area contributed by atoms with Gasteiger partial charge in [0.15, 0.2) is 0 Å². The zero-order valence-corrected chi connectivity index (χ0v) is 13.9. The fourth-order valence-corrected chi connectivity index (χ4v) is 2.56. The Balaban J connectivity index is 1.86. The summed E-state index contributed by atoms with van der Waals surface area (Å²) in [6, 6.07) is 14.3. The Labute approximate surface area is 134 Å². The van der Waals surface area contributed by atoms with Crippen molar-refractivity contribution < 1.29 is 9.47 Å². The lowest BCUT2D eigenvalue weighted by molar-refractivity contribution is 0.338. The first-order chi connectivity index (χ1) is 10.2. The van der Waals surface area contributed by atoms with Gasteiger partial charge in [-0.25, -0.2) is 0 Å². The second kappa shape index (κ2) is 8.05. The maximum atomic E-state index is 5.51. The quantitative estimate of drug-likeness (QED) is 0.814. The van der Waals surface area contributed by atoms with Crippen LogP contribution in [-0.4, -0.2) is 13.7 Å². The molecular formula is C17H20BrNO2. The number of methoxy groups -OCH3 is 1. The van der Waals surface area contributed by atoms with Gasteiger partial charge in [0.1, 0.15) is 11.5 Å². The molecule has 0 spiro atoms. The van der Waals surface area contributed by atoms with Crippen LogP contribution < -0.4 is 14.8 Å². The molecule has 0 bridgehead atoms. The van der Waals surface area contributed by atoms with E-state index in [1.54, 1.807) is 7.11 Å². The van der Waals surface area contributed by atoms with Gasteiger partial charge in [0.05, 0.1) is 18.2 Å².